The minimum atomic E-state index is 0.0597. The fourth-order valence-electron chi connectivity index (χ4n) is 1.92. The lowest BCUT2D eigenvalue weighted by Gasteiger charge is -2.26. The molecule has 0 amide bonds. The molecule has 4 nitrogen and oxygen atoms in total. The van der Waals surface area contributed by atoms with Gasteiger partial charge in [-0.05, 0) is 31.9 Å². The highest BCUT2D eigenvalue weighted by atomic mass is 16.2. The average molecular weight is 267 g/mol. The molecule has 0 saturated carbocycles. The molecule has 0 spiro atoms. The number of nitrogens with two attached hydrogens (primary N) is 1. The Labute approximate surface area is 117 Å². The monoisotopic (exact) mass is 267 g/mol. The summed E-state index contributed by atoms with van der Waals surface area (Å²) in [4.78, 5) is 0. The second-order valence-corrected chi connectivity index (χ2v) is 4.73. The Hall–Kier alpha value is -1.42. The number of hydrogen-bond acceptors (Lipinski definition) is 4. The largest absolute Gasteiger partial charge is 0.401 e. The number of aliphatic hydroxyl groups excluding tert-OH is 1. The molecule has 0 saturated heterocycles. The van der Waals surface area contributed by atoms with Crippen molar-refractivity contribution in [2.75, 3.05) is 6.61 Å². The molecule has 2 atom stereocenters. The van der Waals surface area contributed by atoms with Crippen molar-refractivity contribution in [3.05, 3.63) is 37.3 Å². The maximum Gasteiger partial charge on any atom is 0.0649 e. The second kappa shape index (κ2) is 10.5. The van der Waals surface area contributed by atoms with Gasteiger partial charge in [-0.25, -0.2) is 0 Å². The Kier molecular flexibility index (Phi) is 9.71. The average Bonchev–Trinajstić information content (AvgIpc) is 2.37. The van der Waals surface area contributed by atoms with Crippen molar-refractivity contribution in [3.8, 4) is 0 Å². The molecule has 0 radical (unpaired) electrons. The first kappa shape index (κ1) is 17.6. The molecule has 0 heterocycles. The van der Waals surface area contributed by atoms with E-state index in [2.05, 4.69) is 37.3 Å². The van der Waals surface area contributed by atoms with E-state index in [0.717, 1.165) is 37.8 Å². The highest BCUT2D eigenvalue weighted by Gasteiger charge is 2.15. The van der Waals surface area contributed by atoms with E-state index in [-0.39, 0.29) is 18.7 Å². The third-order valence-electron chi connectivity index (χ3n) is 3.03. The van der Waals surface area contributed by atoms with Gasteiger partial charge in [-0.1, -0.05) is 33.1 Å². The van der Waals surface area contributed by atoms with Gasteiger partial charge < -0.3 is 21.5 Å². The quantitative estimate of drug-likeness (QED) is 0.408. The van der Waals surface area contributed by atoms with Gasteiger partial charge in [-0.3, -0.25) is 0 Å². The van der Waals surface area contributed by atoms with Crippen LogP contribution >= 0.6 is 0 Å². The van der Waals surface area contributed by atoms with Crippen LogP contribution in [0.3, 0.4) is 0 Å². The fourth-order valence-corrected chi connectivity index (χ4v) is 1.92. The number of rotatable bonds is 12. The molecule has 0 aliphatic rings. The maximum atomic E-state index is 8.83. The minimum Gasteiger partial charge on any atom is -0.401 e. The molecular formula is C15H29N3O. The third-order valence-corrected chi connectivity index (χ3v) is 3.03. The minimum absolute atomic E-state index is 0.0597. The third kappa shape index (κ3) is 7.57. The maximum absolute atomic E-state index is 8.83. The first-order chi connectivity index (χ1) is 9.06. The lowest BCUT2D eigenvalue weighted by molar-refractivity contribution is 0.281. The number of unbranched alkanes of at least 4 members (excludes halogenated alkanes) is 1. The van der Waals surface area contributed by atoms with Crippen LogP contribution in [0.5, 0.6) is 0 Å². The standard InChI is InChI=1S/C15H29N3O/c1-5-9-14(12(3)16)18-13(4)15(17-6-2)10-7-8-11-19/h6,14-15,17-19H,2-5,7-11,16H2,1H3. The van der Waals surface area contributed by atoms with E-state index in [4.69, 9.17) is 10.8 Å². The summed E-state index contributed by atoms with van der Waals surface area (Å²) in [5.41, 5.74) is 7.32. The smallest absolute Gasteiger partial charge is 0.0649 e. The number of aliphatic hydroxyl groups is 1. The highest BCUT2D eigenvalue weighted by Crippen LogP contribution is 2.11. The van der Waals surface area contributed by atoms with Crippen LogP contribution in [0.2, 0.25) is 0 Å². The van der Waals surface area contributed by atoms with Crippen LogP contribution in [0, 0.1) is 0 Å². The van der Waals surface area contributed by atoms with Crippen molar-refractivity contribution < 1.29 is 5.11 Å². The summed E-state index contributed by atoms with van der Waals surface area (Å²) in [5.74, 6) is 0. The van der Waals surface area contributed by atoms with Crippen LogP contribution in [-0.2, 0) is 0 Å². The summed E-state index contributed by atoms with van der Waals surface area (Å²) < 4.78 is 0. The van der Waals surface area contributed by atoms with E-state index < -0.39 is 0 Å². The molecule has 5 N–H and O–H groups in total. The summed E-state index contributed by atoms with van der Waals surface area (Å²) >= 11 is 0. The van der Waals surface area contributed by atoms with Gasteiger partial charge in [0.2, 0.25) is 0 Å². The van der Waals surface area contributed by atoms with Crippen LogP contribution in [0.1, 0.15) is 39.0 Å². The van der Waals surface area contributed by atoms with Gasteiger partial charge >= 0.3 is 0 Å². The van der Waals surface area contributed by atoms with Crippen LogP contribution < -0.4 is 16.4 Å². The molecule has 0 aliphatic heterocycles. The molecule has 0 rings (SSSR count). The molecule has 0 fully saturated rings. The van der Waals surface area contributed by atoms with Crippen molar-refractivity contribution in [3.63, 3.8) is 0 Å². The molecule has 0 aromatic rings. The van der Waals surface area contributed by atoms with E-state index in [9.17, 15) is 0 Å². The summed E-state index contributed by atoms with van der Waals surface area (Å²) in [7, 11) is 0. The van der Waals surface area contributed by atoms with Crippen LogP contribution in [0.25, 0.3) is 0 Å². The van der Waals surface area contributed by atoms with Gasteiger partial charge in [0.05, 0.1) is 12.1 Å². The van der Waals surface area contributed by atoms with Gasteiger partial charge in [-0.15, -0.1) is 0 Å². The van der Waals surface area contributed by atoms with Gasteiger partial charge in [0, 0.05) is 18.0 Å². The zero-order valence-corrected chi connectivity index (χ0v) is 12.1. The second-order valence-electron chi connectivity index (χ2n) is 4.73. The lowest BCUT2D eigenvalue weighted by atomic mass is 10.0. The van der Waals surface area contributed by atoms with Gasteiger partial charge in [0.1, 0.15) is 0 Å². The Morgan fingerprint density at radius 1 is 1.26 bits per heavy atom. The molecule has 0 aromatic heterocycles. The van der Waals surface area contributed by atoms with Crippen molar-refractivity contribution in [1.82, 2.24) is 10.6 Å². The van der Waals surface area contributed by atoms with Crippen molar-refractivity contribution >= 4 is 0 Å². The molecule has 0 bridgehead atoms. The Morgan fingerprint density at radius 3 is 2.42 bits per heavy atom. The van der Waals surface area contributed by atoms with E-state index in [1.54, 1.807) is 6.20 Å². The summed E-state index contributed by atoms with van der Waals surface area (Å²) in [6.07, 6.45) is 6.27. The Balaban J connectivity index is 4.42. The predicted molar refractivity (Wildman–Crippen MR) is 82.4 cm³/mol. The van der Waals surface area contributed by atoms with Crippen LogP contribution in [0.15, 0.2) is 37.3 Å². The molecular weight excluding hydrogens is 238 g/mol. The summed E-state index contributed by atoms with van der Waals surface area (Å²) in [6.45, 7) is 13.9. The Morgan fingerprint density at radius 2 is 1.95 bits per heavy atom. The first-order valence-corrected chi connectivity index (χ1v) is 6.94. The predicted octanol–water partition coefficient (Wildman–Crippen LogP) is 2.00. The SMILES string of the molecule is C=CNC(CCCCO)C(=C)NC(CCC)C(=C)N. The molecule has 19 heavy (non-hydrogen) atoms. The van der Waals surface area contributed by atoms with Gasteiger partial charge in [-0.2, -0.15) is 0 Å². The molecule has 4 heteroatoms. The Bertz CT molecular complexity index is 289. The fraction of sp³-hybridized carbons (Fsp3) is 0.600. The topological polar surface area (TPSA) is 70.3 Å². The molecule has 0 aliphatic carbocycles. The van der Waals surface area contributed by atoms with Crippen molar-refractivity contribution in [1.29, 1.82) is 0 Å². The van der Waals surface area contributed by atoms with E-state index in [1.165, 1.54) is 0 Å². The molecule has 110 valence electrons. The van der Waals surface area contributed by atoms with Crippen LogP contribution in [-0.4, -0.2) is 23.8 Å². The summed E-state index contributed by atoms with van der Waals surface area (Å²) in [5, 5.41) is 15.3. The zero-order chi connectivity index (χ0) is 14.7. The van der Waals surface area contributed by atoms with Gasteiger partial charge in [0.25, 0.3) is 0 Å². The van der Waals surface area contributed by atoms with Crippen molar-refractivity contribution in [2.45, 2.75) is 51.1 Å². The lowest BCUT2D eigenvalue weighted by Crippen LogP contribution is -2.40. The van der Waals surface area contributed by atoms with E-state index in [1.807, 2.05) is 0 Å². The van der Waals surface area contributed by atoms with E-state index >= 15 is 0 Å². The molecule has 0 aromatic carbocycles. The van der Waals surface area contributed by atoms with Gasteiger partial charge in [0.15, 0.2) is 0 Å². The van der Waals surface area contributed by atoms with E-state index in [0.29, 0.717) is 5.70 Å². The van der Waals surface area contributed by atoms with Crippen molar-refractivity contribution in [2.24, 2.45) is 5.73 Å². The molecule has 2 unspecified atom stereocenters. The van der Waals surface area contributed by atoms with Crippen LogP contribution in [0.4, 0.5) is 0 Å². The number of nitrogens with one attached hydrogen (secondary N) is 2. The zero-order valence-electron chi connectivity index (χ0n) is 12.1. The number of hydrogen-bond donors (Lipinski definition) is 4. The first-order valence-electron chi connectivity index (χ1n) is 6.94. The highest BCUT2D eigenvalue weighted by molar-refractivity contribution is 5.11. The summed E-state index contributed by atoms with van der Waals surface area (Å²) in [6, 6.07) is 0.159. The normalized spacial score (nSPS) is 13.4.